The summed E-state index contributed by atoms with van der Waals surface area (Å²) >= 11 is 0. The largest absolute Gasteiger partial charge is 0.508 e. The molecule has 0 fully saturated rings. The molecule has 0 aliphatic rings. The fourth-order valence-corrected chi connectivity index (χ4v) is 0.841. The molecule has 1 aromatic rings. The molecule has 0 aromatic heterocycles. The Hall–Kier alpha value is -1.58. The highest BCUT2D eigenvalue weighted by Gasteiger charge is 1.99. The average Bonchev–Trinajstić information content (AvgIpc) is 2.06. The first-order chi connectivity index (χ1) is 6.18. The maximum absolute atomic E-state index is 10.2. The summed E-state index contributed by atoms with van der Waals surface area (Å²) in [6.07, 6.45) is -0.0472. The Balaban J connectivity index is 0.000000671. The number of carboxylic acid groups (broad SMARTS) is 1. The van der Waals surface area contributed by atoms with Gasteiger partial charge in [0.1, 0.15) is 5.75 Å². The highest BCUT2D eigenvalue weighted by atomic mass is 19.1. The first kappa shape index (κ1) is 11.4. The zero-order valence-electron chi connectivity index (χ0n) is 7.20. The van der Waals surface area contributed by atoms with Crippen LogP contribution >= 0.6 is 0 Å². The number of hydrogen-bond donors (Lipinski definition) is 2. The van der Waals surface area contributed by atoms with Gasteiger partial charge in [-0.05, 0) is 17.7 Å². The van der Waals surface area contributed by atoms with Gasteiger partial charge in [-0.15, -0.1) is 0 Å². The summed E-state index contributed by atoms with van der Waals surface area (Å²) in [5.74, 6) is -0.792. The van der Waals surface area contributed by atoms with E-state index < -0.39 is 5.97 Å². The molecule has 0 heterocycles. The average molecular weight is 186 g/mol. The number of aromatic hydroxyl groups is 1. The van der Waals surface area contributed by atoms with Gasteiger partial charge < -0.3 is 10.2 Å². The summed E-state index contributed by atoms with van der Waals surface area (Å²) in [6.45, 7) is 0. The summed E-state index contributed by atoms with van der Waals surface area (Å²) in [4.78, 5) is 10.2. The fraction of sp³-hybridized carbons (Fsp3) is 0.222. The van der Waals surface area contributed by atoms with E-state index in [0.717, 1.165) is 0 Å². The zero-order valence-corrected chi connectivity index (χ0v) is 7.20. The van der Waals surface area contributed by atoms with Gasteiger partial charge in [-0.3, -0.25) is 9.18 Å². The van der Waals surface area contributed by atoms with E-state index in [1.807, 2.05) is 0 Å². The Morgan fingerprint density at radius 3 is 2.54 bits per heavy atom. The van der Waals surface area contributed by atoms with Gasteiger partial charge in [-0.2, -0.15) is 0 Å². The second-order valence-corrected chi connectivity index (χ2v) is 2.24. The molecule has 13 heavy (non-hydrogen) atoms. The van der Waals surface area contributed by atoms with Gasteiger partial charge in [0, 0.05) is 0 Å². The minimum atomic E-state index is -0.893. The van der Waals surface area contributed by atoms with Crippen LogP contribution in [0.2, 0.25) is 0 Å². The number of alkyl halides is 1. The molecule has 1 rings (SSSR count). The van der Waals surface area contributed by atoms with Crippen LogP contribution in [0.1, 0.15) is 5.56 Å². The molecule has 0 bridgehead atoms. The summed E-state index contributed by atoms with van der Waals surface area (Å²) < 4.78 is 9.50. The lowest BCUT2D eigenvalue weighted by atomic mass is 10.1. The van der Waals surface area contributed by atoms with Gasteiger partial charge >= 0.3 is 5.97 Å². The van der Waals surface area contributed by atoms with Crippen molar-refractivity contribution in [3.05, 3.63) is 29.8 Å². The Bertz CT molecular complexity index is 273. The van der Waals surface area contributed by atoms with Gasteiger partial charge in [-0.1, -0.05) is 12.1 Å². The Labute approximate surface area is 75.4 Å². The van der Waals surface area contributed by atoms with Crippen LogP contribution in [0.3, 0.4) is 0 Å². The minimum Gasteiger partial charge on any atom is -0.508 e. The second-order valence-electron chi connectivity index (χ2n) is 2.24. The lowest BCUT2D eigenvalue weighted by Crippen LogP contribution is -1.99. The third kappa shape index (κ3) is 4.79. The summed E-state index contributed by atoms with van der Waals surface area (Å²) in [6, 6.07) is 6.22. The molecule has 0 atom stereocenters. The van der Waals surface area contributed by atoms with E-state index in [-0.39, 0.29) is 12.2 Å². The first-order valence-corrected chi connectivity index (χ1v) is 3.56. The van der Waals surface area contributed by atoms with Gasteiger partial charge in [0.05, 0.1) is 13.6 Å². The predicted molar refractivity (Wildman–Crippen MR) is 46.5 cm³/mol. The Morgan fingerprint density at radius 2 is 2.08 bits per heavy atom. The van der Waals surface area contributed by atoms with Crippen molar-refractivity contribution >= 4 is 5.97 Å². The van der Waals surface area contributed by atoms with Crippen molar-refractivity contribution in [1.82, 2.24) is 0 Å². The molecule has 0 unspecified atom stereocenters. The standard InChI is InChI=1S/C8H8O3.CH3F/c9-7-3-1-2-6(4-7)5-8(10)11;1-2/h1-4,9H,5H2,(H,10,11);1H3. The second kappa shape index (κ2) is 5.99. The number of carbonyl (C=O) groups is 1. The maximum atomic E-state index is 10.2. The molecular weight excluding hydrogens is 175 g/mol. The maximum Gasteiger partial charge on any atom is 0.307 e. The molecule has 72 valence electrons. The number of phenols is 1. The molecular formula is C9H11FO3. The molecule has 1 aromatic carbocycles. The highest BCUT2D eigenvalue weighted by molar-refractivity contribution is 5.70. The Kier molecular flexibility index (Phi) is 5.27. The Morgan fingerprint density at radius 1 is 1.46 bits per heavy atom. The zero-order chi connectivity index (χ0) is 10.3. The van der Waals surface area contributed by atoms with Crippen LogP contribution in [0.15, 0.2) is 24.3 Å². The van der Waals surface area contributed by atoms with Crippen LogP contribution in [-0.4, -0.2) is 23.4 Å². The van der Waals surface area contributed by atoms with Crippen LogP contribution in [-0.2, 0) is 11.2 Å². The predicted octanol–water partition coefficient (Wildman–Crippen LogP) is 1.60. The van der Waals surface area contributed by atoms with Gasteiger partial charge in [0.25, 0.3) is 0 Å². The highest BCUT2D eigenvalue weighted by Crippen LogP contribution is 2.10. The first-order valence-electron chi connectivity index (χ1n) is 3.56. The molecule has 3 nitrogen and oxygen atoms in total. The third-order valence-corrected chi connectivity index (χ3v) is 1.27. The number of rotatable bonds is 2. The fourth-order valence-electron chi connectivity index (χ4n) is 0.841. The normalized spacial score (nSPS) is 8.46. The van der Waals surface area contributed by atoms with E-state index in [1.54, 1.807) is 12.1 Å². The summed E-state index contributed by atoms with van der Waals surface area (Å²) in [5.41, 5.74) is 0.609. The van der Waals surface area contributed by atoms with Crippen LogP contribution < -0.4 is 0 Å². The minimum absolute atomic E-state index is 0.0472. The van der Waals surface area contributed by atoms with Crippen LogP contribution in [0.25, 0.3) is 0 Å². The van der Waals surface area contributed by atoms with Crippen molar-refractivity contribution in [3.63, 3.8) is 0 Å². The summed E-state index contributed by atoms with van der Waals surface area (Å²) in [7, 11) is 0.500. The lowest BCUT2D eigenvalue weighted by molar-refractivity contribution is -0.136. The number of phenolic OH excluding ortho intramolecular Hbond substituents is 1. The van der Waals surface area contributed by atoms with Crippen molar-refractivity contribution < 1.29 is 19.4 Å². The smallest absolute Gasteiger partial charge is 0.307 e. The van der Waals surface area contributed by atoms with E-state index in [0.29, 0.717) is 12.7 Å². The SMILES string of the molecule is CF.O=C(O)Cc1cccc(O)c1. The monoisotopic (exact) mass is 186 g/mol. The van der Waals surface area contributed by atoms with E-state index in [9.17, 15) is 9.18 Å². The topological polar surface area (TPSA) is 57.5 Å². The molecule has 2 N–H and O–H groups in total. The lowest BCUT2D eigenvalue weighted by Gasteiger charge is -1.96. The number of halogens is 1. The van der Waals surface area contributed by atoms with Crippen LogP contribution in [0, 0.1) is 0 Å². The van der Waals surface area contributed by atoms with E-state index >= 15 is 0 Å². The molecule has 0 saturated carbocycles. The van der Waals surface area contributed by atoms with Crippen molar-refractivity contribution in [2.45, 2.75) is 6.42 Å². The number of benzene rings is 1. The van der Waals surface area contributed by atoms with Crippen molar-refractivity contribution in [2.75, 3.05) is 7.18 Å². The van der Waals surface area contributed by atoms with Crippen molar-refractivity contribution in [1.29, 1.82) is 0 Å². The van der Waals surface area contributed by atoms with Crippen molar-refractivity contribution in [3.8, 4) is 5.75 Å². The van der Waals surface area contributed by atoms with Crippen LogP contribution in [0.4, 0.5) is 4.39 Å². The van der Waals surface area contributed by atoms with E-state index in [4.69, 9.17) is 10.2 Å². The van der Waals surface area contributed by atoms with Gasteiger partial charge in [-0.25, -0.2) is 0 Å². The van der Waals surface area contributed by atoms with E-state index in [1.165, 1.54) is 12.1 Å². The summed E-state index contributed by atoms with van der Waals surface area (Å²) in [5, 5.41) is 17.3. The van der Waals surface area contributed by atoms with Crippen LogP contribution in [0.5, 0.6) is 5.75 Å². The molecule has 0 aliphatic carbocycles. The molecule has 0 spiro atoms. The molecule has 0 saturated heterocycles. The number of carboxylic acids is 1. The molecule has 0 amide bonds. The van der Waals surface area contributed by atoms with Gasteiger partial charge in [0.2, 0.25) is 0 Å². The molecule has 0 aliphatic heterocycles. The molecule has 4 heteroatoms. The van der Waals surface area contributed by atoms with Crippen molar-refractivity contribution in [2.24, 2.45) is 0 Å². The molecule has 0 radical (unpaired) electrons. The quantitative estimate of drug-likeness (QED) is 0.737. The van der Waals surface area contributed by atoms with E-state index in [2.05, 4.69) is 0 Å². The third-order valence-electron chi connectivity index (χ3n) is 1.27. The van der Waals surface area contributed by atoms with Gasteiger partial charge in [0.15, 0.2) is 0 Å². The number of hydrogen-bond acceptors (Lipinski definition) is 2. The number of aliphatic carboxylic acids is 1.